The van der Waals surface area contributed by atoms with Crippen LogP contribution in [0.25, 0.3) is 0 Å². The van der Waals surface area contributed by atoms with Crippen LogP contribution in [0.3, 0.4) is 0 Å². The number of aryl methyl sites for hydroxylation is 3. The van der Waals surface area contributed by atoms with E-state index in [1.807, 2.05) is 17.8 Å². The van der Waals surface area contributed by atoms with Crippen molar-refractivity contribution in [2.75, 3.05) is 0 Å². The van der Waals surface area contributed by atoms with Crippen LogP contribution in [0, 0.1) is 0 Å². The lowest BCUT2D eigenvalue weighted by Gasteiger charge is -1.97. The van der Waals surface area contributed by atoms with Gasteiger partial charge in [0.15, 0.2) is 0 Å². The summed E-state index contributed by atoms with van der Waals surface area (Å²) in [6.07, 6.45) is 7.87. The van der Waals surface area contributed by atoms with Gasteiger partial charge in [-0.1, -0.05) is 0 Å². The van der Waals surface area contributed by atoms with Gasteiger partial charge in [-0.15, -0.1) is 0 Å². The second kappa shape index (κ2) is 3.53. The third-order valence-electron chi connectivity index (χ3n) is 2.09. The van der Waals surface area contributed by atoms with Crippen molar-refractivity contribution in [2.45, 2.75) is 13.0 Å². The van der Waals surface area contributed by atoms with E-state index in [0.29, 0.717) is 6.54 Å². The van der Waals surface area contributed by atoms with Gasteiger partial charge in [0.25, 0.3) is 0 Å². The molecule has 2 rings (SSSR count). The number of nitrogens with zero attached hydrogens (tertiary/aromatic N) is 3. The van der Waals surface area contributed by atoms with Crippen LogP contribution >= 0.6 is 0 Å². The molecule has 1 N–H and O–H groups in total. The average molecular weight is 192 g/mol. The fourth-order valence-electron chi connectivity index (χ4n) is 1.36. The third-order valence-corrected chi connectivity index (χ3v) is 2.09. The van der Waals surface area contributed by atoms with Gasteiger partial charge in [-0.2, -0.15) is 0 Å². The number of aromatic nitrogens is 4. The summed E-state index contributed by atoms with van der Waals surface area (Å²) in [5, 5.41) is 0. The van der Waals surface area contributed by atoms with Crippen LogP contribution in [-0.2, 0) is 20.0 Å². The highest BCUT2D eigenvalue weighted by Gasteiger charge is 1.99. The first-order valence-electron chi connectivity index (χ1n) is 4.46. The first kappa shape index (κ1) is 8.80. The van der Waals surface area contributed by atoms with Crippen LogP contribution in [0.2, 0.25) is 0 Å². The van der Waals surface area contributed by atoms with Crippen LogP contribution in [0.15, 0.2) is 29.7 Å². The number of hydrogen-bond donors (Lipinski definition) is 1. The van der Waals surface area contributed by atoms with Crippen molar-refractivity contribution in [3.05, 3.63) is 41.1 Å². The Labute approximate surface area is 81.0 Å². The van der Waals surface area contributed by atoms with E-state index in [1.54, 1.807) is 23.3 Å². The highest BCUT2D eigenvalue weighted by molar-refractivity contribution is 4.96. The zero-order valence-corrected chi connectivity index (χ0v) is 7.97. The van der Waals surface area contributed by atoms with E-state index >= 15 is 0 Å². The molecule has 0 fully saturated rings. The first-order chi connectivity index (χ1) is 6.75. The van der Waals surface area contributed by atoms with E-state index in [-0.39, 0.29) is 5.69 Å². The Balaban J connectivity index is 2.01. The van der Waals surface area contributed by atoms with Crippen molar-refractivity contribution < 1.29 is 0 Å². The predicted octanol–water partition coefficient (Wildman–Crippen LogP) is 0.153. The van der Waals surface area contributed by atoms with E-state index in [1.165, 1.54) is 0 Å². The Morgan fingerprint density at radius 1 is 1.57 bits per heavy atom. The molecule has 0 amide bonds. The van der Waals surface area contributed by atoms with Gasteiger partial charge in [0.1, 0.15) is 0 Å². The molecule has 0 unspecified atom stereocenters. The first-order valence-corrected chi connectivity index (χ1v) is 4.46. The quantitative estimate of drug-likeness (QED) is 0.752. The van der Waals surface area contributed by atoms with Gasteiger partial charge in [-0.25, -0.2) is 9.78 Å². The summed E-state index contributed by atoms with van der Waals surface area (Å²) >= 11 is 0. The molecule has 0 aliphatic carbocycles. The summed E-state index contributed by atoms with van der Waals surface area (Å²) < 4.78 is 3.53. The predicted molar refractivity (Wildman–Crippen MR) is 52.0 cm³/mol. The maximum absolute atomic E-state index is 11.1. The minimum absolute atomic E-state index is 0.0686. The lowest BCUT2D eigenvalue weighted by atomic mass is 10.3. The van der Waals surface area contributed by atoms with E-state index in [9.17, 15) is 4.79 Å². The van der Waals surface area contributed by atoms with Crippen molar-refractivity contribution >= 4 is 0 Å². The fourth-order valence-corrected chi connectivity index (χ4v) is 1.36. The molecule has 74 valence electrons. The molecular formula is C9H12N4O. The van der Waals surface area contributed by atoms with E-state index in [2.05, 4.69) is 9.97 Å². The molecule has 0 spiro atoms. The van der Waals surface area contributed by atoms with E-state index < -0.39 is 0 Å². The van der Waals surface area contributed by atoms with Gasteiger partial charge in [0.05, 0.1) is 12.0 Å². The number of aromatic amines is 1. The molecule has 0 bridgehead atoms. The molecule has 0 aliphatic heterocycles. The zero-order valence-electron chi connectivity index (χ0n) is 7.97. The monoisotopic (exact) mass is 192 g/mol. The molecule has 2 aromatic heterocycles. The maximum Gasteiger partial charge on any atom is 0.325 e. The molecule has 0 radical (unpaired) electrons. The lowest BCUT2D eigenvalue weighted by Crippen LogP contribution is -2.17. The molecule has 0 aromatic carbocycles. The summed E-state index contributed by atoms with van der Waals surface area (Å²) in [4.78, 5) is 17.9. The second-order valence-corrected chi connectivity index (χ2v) is 3.24. The van der Waals surface area contributed by atoms with Crippen LogP contribution in [0.4, 0.5) is 0 Å². The summed E-state index contributed by atoms with van der Waals surface area (Å²) in [7, 11) is 1.93. The van der Waals surface area contributed by atoms with Crippen LogP contribution in [0.1, 0.15) is 5.69 Å². The van der Waals surface area contributed by atoms with Crippen molar-refractivity contribution in [1.82, 2.24) is 19.1 Å². The summed E-state index contributed by atoms with van der Waals surface area (Å²) in [5.74, 6) is 0. The molecule has 2 heterocycles. The van der Waals surface area contributed by atoms with Gasteiger partial charge in [0.2, 0.25) is 0 Å². The Hall–Kier alpha value is -1.78. The molecule has 0 atom stereocenters. The van der Waals surface area contributed by atoms with Crippen molar-refractivity contribution in [3.63, 3.8) is 0 Å². The van der Waals surface area contributed by atoms with Crippen LogP contribution < -0.4 is 5.69 Å². The zero-order chi connectivity index (χ0) is 9.97. The smallest absolute Gasteiger partial charge is 0.325 e. The number of rotatable bonds is 3. The minimum Gasteiger partial charge on any atom is -0.340 e. The average Bonchev–Trinajstić information content (AvgIpc) is 2.72. The standard InChI is InChI=1S/C9H12N4O/c1-12-6-8(11-7-12)2-4-13-5-3-10-9(13)14/h3,5-7H,2,4H2,1H3,(H,10,14). The van der Waals surface area contributed by atoms with Crippen molar-refractivity contribution in [2.24, 2.45) is 7.05 Å². The van der Waals surface area contributed by atoms with Crippen LogP contribution in [0.5, 0.6) is 0 Å². The molecule has 5 heteroatoms. The summed E-state index contributed by atoms with van der Waals surface area (Å²) in [5.41, 5.74) is 0.932. The SMILES string of the molecule is Cn1cnc(CCn2cc[nH]c2=O)c1. The van der Waals surface area contributed by atoms with Gasteiger partial charge in [-0.05, 0) is 0 Å². The van der Waals surface area contributed by atoms with Gasteiger partial charge in [-0.3, -0.25) is 4.57 Å². The Morgan fingerprint density at radius 2 is 2.43 bits per heavy atom. The van der Waals surface area contributed by atoms with E-state index in [0.717, 1.165) is 12.1 Å². The van der Waals surface area contributed by atoms with Gasteiger partial charge >= 0.3 is 5.69 Å². The number of hydrogen-bond acceptors (Lipinski definition) is 2. The Morgan fingerprint density at radius 3 is 3.00 bits per heavy atom. The molecule has 14 heavy (non-hydrogen) atoms. The minimum atomic E-state index is -0.0686. The number of nitrogens with one attached hydrogen (secondary N) is 1. The topological polar surface area (TPSA) is 55.6 Å². The second-order valence-electron chi connectivity index (χ2n) is 3.24. The van der Waals surface area contributed by atoms with Crippen molar-refractivity contribution in [1.29, 1.82) is 0 Å². The van der Waals surface area contributed by atoms with Gasteiger partial charge < -0.3 is 9.55 Å². The van der Waals surface area contributed by atoms with E-state index in [4.69, 9.17) is 0 Å². The largest absolute Gasteiger partial charge is 0.340 e. The molecule has 2 aromatic rings. The normalized spacial score (nSPS) is 10.6. The Kier molecular flexibility index (Phi) is 2.22. The molecule has 0 saturated carbocycles. The molecule has 0 saturated heterocycles. The lowest BCUT2D eigenvalue weighted by molar-refractivity contribution is 0.664. The molecule has 0 aliphatic rings. The highest BCUT2D eigenvalue weighted by atomic mass is 16.1. The number of H-pyrrole nitrogens is 1. The number of imidazole rings is 2. The van der Waals surface area contributed by atoms with Crippen LogP contribution in [-0.4, -0.2) is 19.1 Å². The van der Waals surface area contributed by atoms with Gasteiger partial charge in [0, 0.05) is 38.6 Å². The summed E-state index contributed by atoms with van der Waals surface area (Å²) in [6, 6.07) is 0. The molecule has 5 nitrogen and oxygen atoms in total. The molecular weight excluding hydrogens is 180 g/mol. The summed E-state index contributed by atoms with van der Waals surface area (Å²) in [6.45, 7) is 0.666. The third kappa shape index (κ3) is 1.76. The fraction of sp³-hybridized carbons (Fsp3) is 0.333. The highest BCUT2D eigenvalue weighted by Crippen LogP contribution is 1.96. The Bertz CT molecular complexity index is 465. The van der Waals surface area contributed by atoms with Crippen molar-refractivity contribution in [3.8, 4) is 0 Å². The maximum atomic E-state index is 11.1.